The summed E-state index contributed by atoms with van der Waals surface area (Å²) in [6.45, 7) is 0. The van der Waals surface area contributed by atoms with Crippen LogP contribution >= 0.6 is 0 Å². The van der Waals surface area contributed by atoms with E-state index in [9.17, 15) is 0 Å². The van der Waals surface area contributed by atoms with Crippen LogP contribution in [0.15, 0.2) is 5.11 Å². The molecule has 4 heteroatoms. The first-order valence-electron chi connectivity index (χ1n) is 2.62. The number of azide groups is 1. The lowest BCUT2D eigenvalue weighted by Gasteiger charge is -2.32. The summed E-state index contributed by atoms with van der Waals surface area (Å²) in [6, 6.07) is 0. The van der Waals surface area contributed by atoms with Gasteiger partial charge in [-0.3, -0.25) is 0 Å². The summed E-state index contributed by atoms with van der Waals surface area (Å²) in [7, 11) is 0. The number of hydrogen-bond acceptors (Lipinski definition) is 2. The summed E-state index contributed by atoms with van der Waals surface area (Å²) >= 11 is 0. The molecule has 4 nitrogen and oxygen atoms in total. The second-order valence-corrected chi connectivity index (χ2v) is 2.15. The van der Waals surface area contributed by atoms with E-state index in [-0.39, 0.29) is 0 Å². The Morgan fingerprint density at radius 2 is 2.25 bits per heavy atom. The summed E-state index contributed by atoms with van der Waals surface area (Å²) in [5.74, 6) is 0. The average Bonchev–Trinajstić information content (AvgIpc) is 1.64. The number of rotatable bonds is 1. The normalized spacial score (nSPS) is 23.1. The molecule has 0 amide bonds. The van der Waals surface area contributed by atoms with Crippen molar-refractivity contribution in [2.24, 2.45) is 10.8 Å². The standard InChI is InChI=1S/C4H8N4/c5-4(7-8-6)2-1-3-4/h1-3,5H2. The summed E-state index contributed by atoms with van der Waals surface area (Å²) in [5.41, 5.74) is 12.9. The highest BCUT2D eigenvalue weighted by Gasteiger charge is 2.30. The SMILES string of the molecule is [N-]=[N+]=NC1(N)CCC1. The van der Waals surface area contributed by atoms with Crippen LogP contribution in [-0.4, -0.2) is 5.66 Å². The van der Waals surface area contributed by atoms with E-state index in [1.54, 1.807) is 0 Å². The van der Waals surface area contributed by atoms with Gasteiger partial charge in [0.15, 0.2) is 0 Å². The molecule has 1 rings (SSSR count). The van der Waals surface area contributed by atoms with Gasteiger partial charge in [-0.2, -0.15) is 0 Å². The number of nitrogens with two attached hydrogens (primary N) is 1. The molecular weight excluding hydrogens is 104 g/mol. The van der Waals surface area contributed by atoms with E-state index in [2.05, 4.69) is 10.0 Å². The zero-order valence-electron chi connectivity index (χ0n) is 4.54. The Hall–Kier alpha value is -0.730. The van der Waals surface area contributed by atoms with Crippen molar-refractivity contribution in [1.29, 1.82) is 0 Å². The third kappa shape index (κ3) is 0.757. The van der Waals surface area contributed by atoms with Gasteiger partial charge in [0.2, 0.25) is 0 Å². The average molecular weight is 112 g/mol. The molecular formula is C4H8N4. The lowest BCUT2D eigenvalue weighted by molar-refractivity contribution is 0.259. The predicted octanol–water partition coefficient (Wildman–Crippen LogP) is 1.14. The molecule has 8 heavy (non-hydrogen) atoms. The second-order valence-electron chi connectivity index (χ2n) is 2.15. The van der Waals surface area contributed by atoms with Crippen LogP contribution in [0.2, 0.25) is 0 Å². The molecule has 0 aromatic carbocycles. The van der Waals surface area contributed by atoms with Gasteiger partial charge in [0.1, 0.15) is 0 Å². The van der Waals surface area contributed by atoms with Crippen LogP contribution in [0.1, 0.15) is 19.3 Å². The summed E-state index contributed by atoms with van der Waals surface area (Å²) < 4.78 is 0. The highest BCUT2D eigenvalue weighted by molar-refractivity contribution is 4.89. The molecule has 0 saturated heterocycles. The van der Waals surface area contributed by atoms with Gasteiger partial charge >= 0.3 is 0 Å². The van der Waals surface area contributed by atoms with Gasteiger partial charge in [-0.25, -0.2) is 0 Å². The van der Waals surface area contributed by atoms with Crippen LogP contribution in [0.5, 0.6) is 0 Å². The lowest BCUT2D eigenvalue weighted by atomic mass is 9.87. The van der Waals surface area contributed by atoms with Crippen molar-refractivity contribution >= 4 is 0 Å². The third-order valence-electron chi connectivity index (χ3n) is 1.46. The number of nitrogens with zero attached hydrogens (tertiary/aromatic N) is 3. The highest BCUT2D eigenvalue weighted by Crippen LogP contribution is 2.29. The largest absolute Gasteiger partial charge is 0.320 e. The van der Waals surface area contributed by atoms with Crippen molar-refractivity contribution in [3.8, 4) is 0 Å². The second kappa shape index (κ2) is 1.65. The van der Waals surface area contributed by atoms with E-state index >= 15 is 0 Å². The van der Waals surface area contributed by atoms with Crippen molar-refractivity contribution in [1.82, 2.24) is 0 Å². The van der Waals surface area contributed by atoms with Crippen molar-refractivity contribution in [3.05, 3.63) is 10.4 Å². The van der Waals surface area contributed by atoms with E-state index in [4.69, 9.17) is 11.3 Å². The molecule has 1 aliphatic rings. The Labute approximate surface area is 47.3 Å². The fourth-order valence-corrected chi connectivity index (χ4v) is 0.728. The van der Waals surface area contributed by atoms with Crippen LogP contribution < -0.4 is 5.73 Å². The van der Waals surface area contributed by atoms with E-state index in [1.807, 2.05) is 0 Å². The van der Waals surface area contributed by atoms with E-state index in [1.165, 1.54) is 0 Å². The van der Waals surface area contributed by atoms with Crippen molar-refractivity contribution in [2.45, 2.75) is 24.9 Å². The Balaban J connectivity index is 2.53. The van der Waals surface area contributed by atoms with Crippen LogP contribution in [0.25, 0.3) is 10.4 Å². The topological polar surface area (TPSA) is 74.8 Å². The molecule has 0 heterocycles. The number of hydrogen-bond donors (Lipinski definition) is 1. The molecule has 0 atom stereocenters. The van der Waals surface area contributed by atoms with Crippen LogP contribution in [0.4, 0.5) is 0 Å². The van der Waals surface area contributed by atoms with Gasteiger partial charge in [0.25, 0.3) is 0 Å². The monoisotopic (exact) mass is 112 g/mol. The van der Waals surface area contributed by atoms with Gasteiger partial charge in [-0.15, -0.1) is 0 Å². The Morgan fingerprint density at radius 3 is 2.38 bits per heavy atom. The summed E-state index contributed by atoms with van der Waals surface area (Å²) in [4.78, 5) is 2.63. The van der Waals surface area contributed by atoms with E-state index in [0.29, 0.717) is 0 Å². The highest BCUT2D eigenvalue weighted by atomic mass is 15.2. The van der Waals surface area contributed by atoms with Crippen LogP contribution in [-0.2, 0) is 0 Å². The minimum atomic E-state index is -0.519. The Kier molecular flexibility index (Phi) is 1.12. The first kappa shape index (κ1) is 5.41. The maximum Gasteiger partial charge on any atom is 0.0950 e. The smallest absolute Gasteiger partial charge is 0.0950 e. The van der Waals surface area contributed by atoms with Gasteiger partial charge in [-0.1, -0.05) is 5.11 Å². The van der Waals surface area contributed by atoms with Gasteiger partial charge in [0.05, 0.1) is 5.66 Å². The van der Waals surface area contributed by atoms with Gasteiger partial charge < -0.3 is 5.73 Å². The molecule has 0 radical (unpaired) electrons. The zero-order valence-corrected chi connectivity index (χ0v) is 4.54. The van der Waals surface area contributed by atoms with E-state index in [0.717, 1.165) is 19.3 Å². The maximum atomic E-state index is 7.95. The Bertz CT molecular complexity index is 131. The fourth-order valence-electron chi connectivity index (χ4n) is 0.728. The minimum Gasteiger partial charge on any atom is -0.320 e. The van der Waals surface area contributed by atoms with Gasteiger partial charge in [-0.05, 0) is 24.8 Å². The molecule has 0 spiro atoms. The molecule has 0 aromatic heterocycles. The molecule has 44 valence electrons. The molecule has 1 aliphatic carbocycles. The quantitative estimate of drug-likeness (QED) is 0.308. The first-order chi connectivity index (χ1) is 3.77. The van der Waals surface area contributed by atoms with Crippen molar-refractivity contribution in [2.75, 3.05) is 0 Å². The molecule has 2 N–H and O–H groups in total. The lowest BCUT2D eigenvalue weighted by Crippen LogP contribution is -2.43. The molecule has 1 fully saturated rings. The van der Waals surface area contributed by atoms with Crippen molar-refractivity contribution < 1.29 is 0 Å². The van der Waals surface area contributed by atoms with Crippen LogP contribution in [0.3, 0.4) is 0 Å². The van der Waals surface area contributed by atoms with Gasteiger partial charge in [0, 0.05) is 4.91 Å². The predicted molar refractivity (Wildman–Crippen MR) is 29.9 cm³/mol. The molecule has 0 aromatic rings. The molecule has 0 unspecified atom stereocenters. The summed E-state index contributed by atoms with van der Waals surface area (Å²) in [6.07, 6.45) is 2.78. The minimum absolute atomic E-state index is 0.519. The zero-order chi connectivity index (χ0) is 6.04. The van der Waals surface area contributed by atoms with Crippen molar-refractivity contribution in [3.63, 3.8) is 0 Å². The van der Waals surface area contributed by atoms with E-state index < -0.39 is 5.66 Å². The maximum absolute atomic E-state index is 7.95. The fraction of sp³-hybridized carbons (Fsp3) is 1.00. The first-order valence-corrected chi connectivity index (χ1v) is 2.62. The molecule has 1 saturated carbocycles. The molecule has 0 bridgehead atoms. The Morgan fingerprint density at radius 1 is 1.62 bits per heavy atom. The third-order valence-corrected chi connectivity index (χ3v) is 1.46. The van der Waals surface area contributed by atoms with Crippen LogP contribution in [0, 0.1) is 0 Å². The molecule has 0 aliphatic heterocycles. The summed E-state index contributed by atoms with van der Waals surface area (Å²) in [5, 5.41) is 3.42.